The molecular formula is C32H45N7O3. The first kappa shape index (κ1) is 30.1. The van der Waals surface area contributed by atoms with Gasteiger partial charge in [0.05, 0.1) is 24.1 Å². The monoisotopic (exact) mass is 575 g/mol. The maximum Gasteiger partial charge on any atom is 0.410 e. The van der Waals surface area contributed by atoms with Crippen LogP contribution in [0.3, 0.4) is 0 Å². The SMILES string of the molecule is Cc1ccnc(C)c1-c1c(OC[C@@H]2CCCN2C)nc(N2CCN(C(=O)OC(C)(C)C)[C@@H](CC#N)C2)c2c1CNCC2. The van der Waals surface area contributed by atoms with E-state index >= 15 is 0 Å². The number of carbonyl (C=O) groups excluding carboxylic acids is 1. The lowest BCUT2D eigenvalue weighted by Crippen LogP contribution is -2.56. The van der Waals surface area contributed by atoms with Crippen molar-refractivity contribution >= 4 is 11.9 Å². The van der Waals surface area contributed by atoms with Crippen LogP contribution in [-0.2, 0) is 17.7 Å². The molecule has 2 aromatic rings. The van der Waals surface area contributed by atoms with Crippen LogP contribution in [-0.4, -0.2) is 89.9 Å². The number of aromatic nitrogens is 2. The Morgan fingerprint density at radius 2 is 1.98 bits per heavy atom. The molecule has 0 unspecified atom stereocenters. The molecule has 5 heterocycles. The number of amides is 1. The van der Waals surface area contributed by atoms with E-state index in [1.165, 1.54) is 17.5 Å². The molecule has 3 aliphatic heterocycles. The van der Waals surface area contributed by atoms with E-state index in [9.17, 15) is 10.1 Å². The third kappa shape index (κ3) is 6.32. The summed E-state index contributed by atoms with van der Waals surface area (Å²) in [6.45, 7) is 14.6. The van der Waals surface area contributed by atoms with Crippen LogP contribution in [0.1, 0.15) is 62.4 Å². The van der Waals surface area contributed by atoms with Crippen molar-refractivity contribution in [1.29, 1.82) is 5.26 Å². The van der Waals surface area contributed by atoms with Gasteiger partial charge in [-0.15, -0.1) is 0 Å². The van der Waals surface area contributed by atoms with E-state index in [0.717, 1.165) is 54.1 Å². The standard InChI is InChI=1S/C32H45N7O3/c1-21-10-14-35-22(2)27(21)28-26-18-34-13-11-25(26)29(36-30(28)41-20-24-8-7-15-37(24)6)38-16-17-39(23(19-38)9-12-33)31(40)42-32(3,4)5/h10,14,23-24,34H,7-9,11,13,15-20H2,1-6H3/t23-,24-/m0/s1. The number of anilines is 1. The Balaban J connectivity index is 1.56. The fourth-order valence-electron chi connectivity index (χ4n) is 6.47. The number of likely N-dealkylation sites (N-methyl/N-ethyl adjacent to an activating group) is 1. The van der Waals surface area contributed by atoms with Crippen molar-refractivity contribution in [1.82, 2.24) is 25.1 Å². The van der Waals surface area contributed by atoms with E-state index < -0.39 is 5.60 Å². The largest absolute Gasteiger partial charge is 0.475 e. The van der Waals surface area contributed by atoms with Gasteiger partial charge in [-0.05, 0) is 91.2 Å². The second-order valence-corrected chi connectivity index (χ2v) is 12.8. The number of ether oxygens (including phenoxy) is 2. The van der Waals surface area contributed by atoms with Crippen LogP contribution in [0.15, 0.2) is 12.3 Å². The predicted octanol–water partition coefficient (Wildman–Crippen LogP) is 4.22. The first-order valence-electron chi connectivity index (χ1n) is 15.2. The second kappa shape index (κ2) is 12.4. The minimum atomic E-state index is -0.600. The smallest absolute Gasteiger partial charge is 0.410 e. The van der Waals surface area contributed by atoms with Crippen molar-refractivity contribution < 1.29 is 14.3 Å². The van der Waals surface area contributed by atoms with Gasteiger partial charge in [0.2, 0.25) is 5.88 Å². The topological polar surface area (TPSA) is 107 Å². The Bertz CT molecular complexity index is 1330. The van der Waals surface area contributed by atoms with Gasteiger partial charge < -0.3 is 29.5 Å². The summed E-state index contributed by atoms with van der Waals surface area (Å²) >= 11 is 0. The second-order valence-electron chi connectivity index (χ2n) is 12.8. The number of carbonyl (C=O) groups is 1. The van der Waals surface area contributed by atoms with Gasteiger partial charge in [-0.25, -0.2) is 4.79 Å². The van der Waals surface area contributed by atoms with Crippen molar-refractivity contribution in [2.75, 3.05) is 51.3 Å². The van der Waals surface area contributed by atoms with Crippen molar-refractivity contribution in [3.63, 3.8) is 0 Å². The summed E-state index contributed by atoms with van der Waals surface area (Å²) in [7, 11) is 2.16. The zero-order valence-electron chi connectivity index (χ0n) is 26.0. The van der Waals surface area contributed by atoms with Crippen molar-refractivity contribution in [2.45, 2.75) is 84.5 Å². The molecule has 0 bridgehead atoms. The molecule has 0 spiro atoms. The molecule has 2 aromatic heterocycles. The van der Waals surface area contributed by atoms with Gasteiger partial charge in [0.15, 0.2) is 0 Å². The average Bonchev–Trinajstić information content (AvgIpc) is 3.35. The average molecular weight is 576 g/mol. The summed E-state index contributed by atoms with van der Waals surface area (Å²) in [5, 5.41) is 13.2. The zero-order chi connectivity index (χ0) is 30.0. The number of rotatable bonds is 6. The summed E-state index contributed by atoms with van der Waals surface area (Å²) in [4.78, 5) is 29.3. The molecule has 42 heavy (non-hydrogen) atoms. The van der Waals surface area contributed by atoms with Crippen molar-refractivity contribution in [3.8, 4) is 23.1 Å². The van der Waals surface area contributed by atoms with Gasteiger partial charge in [0.25, 0.3) is 0 Å². The Hall–Kier alpha value is -3.42. The molecule has 2 atom stereocenters. The van der Waals surface area contributed by atoms with E-state index in [1.54, 1.807) is 4.90 Å². The maximum atomic E-state index is 13.1. The first-order chi connectivity index (χ1) is 20.1. The van der Waals surface area contributed by atoms with Crippen LogP contribution in [0.5, 0.6) is 5.88 Å². The summed E-state index contributed by atoms with van der Waals surface area (Å²) in [6, 6.07) is 4.40. The van der Waals surface area contributed by atoms with Crippen molar-refractivity contribution in [2.24, 2.45) is 0 Å². The number of hydrogen-bond acceptors (Lipinski definition) is 9. The molecule has 226 valence electrons. The van der Waals surface area contributed by atoms with Crippen molar-refractivity contribution in [3.05, 3.63) is 34.6 Å². The van der Waals surface area contributed by atoms with E-state index in [4.69, 9.17) is 14.5 Å². The molecule has 0 aliphatic carbocycles. The number of aryl methyl sites for hydroxylation is 2. The molecule has 0 aromatic carbocycles. The third-order valence-corrected chi connectivity index (χ3v) is 8.63. The Kier molecular flexibility index (Phi) is 8.90. The molecule has 2 fully saturated rings. The van der Waals surface area contributed by atoms with E-state index in [1.807, 2.05) is 27.0 Å². The number of nitrogens with zero attached hydrogens (tertiary/aromatic N) is 6. The molecule has 1 amide bonds. The highest BCUT2D eigenvalue weighted by Crippen LogP contribution is 2.42. The normalized spacial score (nSPS) is 21.2. The molecule has 0 saturated carbocycles. The molecule has 10 heteroatoms. The lowest BCUT2D eigenvalue weighted by atomic mass is 9.90. The number of nitriles is 1. The van der Waals surface area contributed by atoms with E-state index in [2.05, 4.69) is 53.1 Å². The van der Waals surface area contributed by atoms with Crippen LogP contribution in [0.25, 0.3) is 11.1 Å². The molecule has 2 saturated heterocycles. The molecular weight excluding hydrogens is 530 g/mol. The summed E-state index contributed by atoms with van der Waals surface area (Å²) in [5.74, 6) is 1.54. The minimum absolute atomic E-state index is 0.225. The number of hydrogen-bond donors (Lipinski definition) is 1. The number of piperazine rings is 1. The fourth-order valence-corrected chi connectivity index (χ4v) is 6.47. The highest BCUT2D eigenvalue weighted by atomic mass is 16.6. The lowest BCUT2D eigenvalue weighted by Gasteiger charge is -2.42. The maximum absolute atomic E-state index is 13.1. The van der Waals surface area contributed by atoms with Crippen LogP contribution in [0.4, 0.5) is 10.6 Å². The number of nitrogens with one attached hydrogen (secondary N) is 1. The first-order valence-corrected chi connectivity index (χ1v) is 15.2. The summed E-state index contributed by atoms with van der Waals surface area (Å²) in [6.07, 6.45) is 4.83. The highest BCUT2D eigenvalue weighted by Gasteiger charge is 2.36. The van der Waals surface area contributed by atoms with Gasteiger partial charge in [-0.1, -0.05) is 0 Å². The lowest BCUT2D eigenvalue weighted by molar-refractivity contribution is 0.0144. The molecule has 5 rings (SSSR count). The van der Waals surface area contributed by atoms with Gasteiger partial charge in [0.1, 0.15) is 18.0 Å². The predicted molar refractivity (Wildman–Crippen MR) is 163 cm³/mol. The third-order valence-electron chi connectivity index (χ3n) is 8.63. The van der Waals surface area contributed by atoms with Gasteiger partial charge in [-0.3, -0.25) is 4.98 Å². The van der Waals surface area contributed by atoms with Crippen LogP contribution in [0, 0.1) is 25.2 Å². The van der Waals surface area contributed by atoms with Gasteiger partial charge in [-0.2, -0.15) is 10.2 Å². The fraction of sp³-hybridized carbons (Fsp3) is 0.625. The van der Waals surface area contributed by atoms with E-state index in [-0.39, 0.29) is 18.6 Å². The van der Waals surface area contributed by atoms with Crippen LogP contribution >= 0.6 is 0 Å². The Morgan fingerprint density at radius 1 is 1.17 bits per heavy atom. The number of fused-ring (bicyclic) bond motifs is 1. The quantitative estimate of drug-likeness (QED) is 0.542. The molecule has 0 radical (unpaired) electrons. The van der Waals surface area contributed by atoms with Crippen LogP contribution < -0.4 is 15.0 Å². The number of likely N-dealkylation sites (tertiary alicyclic amines) is 1. The highest BCUT2D eigenvalue weighted by molar-refractivity contribution is 5.80. The van der Waals surface area contributed by atoms with Crippen LogP contribution in [0.2, 0.25) is 0 Å². The van der Waals surface area contributed by atoms with Gasteiger partial charge >= 0.3 is 6.09 Å². The molecule has 3 aliphatic rings. The summed E-state index contributed by atoms with van der Waals surface area (Å²) < 4.78 is 12.4. The zero-order valence-corrected chi connectivity index (χ0v) is 26.0. The van der Waals surface area contributed by atoms with Gasteiger partial charge in [0, 0.05) is 55.2 Å². The molecule has 10 nitrogen and oxygen atoms in total. The number of pyridine rings is 2. The Labute approximate surface area is 250 Å². The molecule has 1 N–H and O–H groups in total. The minimum Gasteiger partial charge on any atom is -0.475 e. The Morgan fingerprint density at radius 3 is 2.67 bits per heavy atom. The van der Waals surface area contributed by atoms with E-state index in [0.29, 0.717) is 44.7 Å². The summed E-state index contributed by atoms with van der Waals surface area (Å²) in [5.41, 5.74) is 6.03.